The van der Waals surface area contributed by atoms with Crippen LogP contribution in [0.2, 0.25) is 0 Å². The van der Waals surface area contributed by atoms with Crippen LogP contribution in [0.25, 0.3) is 22.4 Å². The van der Waals surface area contributed by atoms with E-state index in [1.54, 1.807) is 0 Å². The summed E-state index contributed by atoms with van der Waals surface area (Å²) in [6, 6.07) is 20.5. The minimum absolute atomic E-state index is 0.0467. The zero-order valence-electron chi connectivity index (χ0n) is 22.3. The number of anilines is 1. The summed E-state index contributed by atoms with van der Waals surface area (Å²) >= 11 is 0. The Hall–Kier alpha value is -3.58. The third kappa shape index (κ3) is 5.78. The molecule has 7 heteroatoms. The molecule has 0 unspecified atom stereocenters. The third-order valence-electron chi connectivity index (χ3n) is 8.20. The predicted molar refractivity (Wildman–Crippen MR) is 150 cm³/mol. The minimum Gasteiger partial charge on any atom is -0.343 e. The number of rotatable bonds is 8. The molecule has 2 aliphatic rings. The fraction of sp³-hybridized carbons (Fsp3) is 0.419. The number of carbonyl (C=O) groups excluding carboxylic acids is 2. The maximum Gasteiger partial charge on any atom is 0.225 e. The van der Waals surface area contributed by atoms with Gasteiger partial charge in [0.1, 0.15) is 5.69 Å². The van der Waals surface area contributed by atoms with Crippen molar-refractivity contribution in [2.75, 3.05) is 12.4 Å². The topological polar surface area (TPSA) is 101 Å². The minimum atomic E-state index is -0.178. The molecule has 1 aromatic heterocycles. The van der Waals surface area contributed by atoms with Crippen molar-refractivity contribution in [3.8, 4) is 22.4 Å². The van der Waals surface area contributed by atoms with Gasteiger partial charge in [-0.1, -0.05) is 61.5 Å². The second-order valence-electron chi connectivity index (χ2n) is 10.9. The van der Waals surface area contributed by atoms with Crippen LogP contribution in [0.5, 0.6) is 0 Å². The average Bonchev–Trinajstić information content (AvgIpc) is 3.71. The van der Waals surface area contributed by atoms with Crippen molar-refractivity contribution in [3.63, 3.8) is 0 Å². The van der Waals surface area contributed by atoms with E-state index >= 15 is 0 Å². The van der Waals surface area contributed by atoms with Gasteiger partial charge in [0.2, 0.25) is 11.8 Å². The highest BCUT2D eigenvalue weighted by molar-refractivity contribution is 5.91. The van der Waals surface area contributed by atoms with Gasteiger partial charge in [-0.2, -0.15) is 0 Å². The first kappa shape index (κ1) is 26.0. The lowest BCUT2D eigenvalue weighted by Crippen LogP contribution is -2.39. The van der Waals surface area contributed by atoms with Gasteiger partial charge in [0.15, 0.2) is 5.82 Å². The second kappa shape index (κ2) is 11.0. The largest absolute Gasteiger partial charge is 0.343 e. The molecule has 2 aliphatic carbocycles. The second-order valence-corrected chi connectivity index (χ2v) is 10.9. The molecular formula is C31H37N5O2. The molecule has 0 atom stereocenters. The van der Waals surface area contributed by atoms with E-state index in [0.717, 1.165) is 66.5 Å². The summed E-state index contributed by atoms with van der Waals surface area (Å²) in [7, 11) is 1.90. The van der Waals surface area contributed by atoms with Crippen molar-refractivity contribution in [1.82, 2.24) is 15.1 Å². The number of hydrogen-bond acceptors (Lipinski definition) is 5. The number of benzene rings is 2. The number of carbonyl (C=O) groups is 2. The lowest BCUT2D eigenvalue weighted by molar-refractivity contribution is -0.132. The highest BCUT2D eigenvalue weighted by Gasteiger charge is 2.39. The standard InChI is InChI=1S/C31H37N5O2/c1-3-29(38)36(2)25-15-9-21(10-16-25)19-28(37)33-27-20-26(22-7-5-4-6-8-22)30(35-34-27)23-11-13-24(14-12-23)31(32)17-18-31/h4-8,11-14,20-21,25H,3,9-10,15-19,32H2,1-2H3,(H,33,34,37)/t21-,25-. The van der Waals surface area contributed by atoms with Crippen LogP contribution in [0, 0.1) is 5.92 Å². The lowest BCUT2D eigenvalue weighted by atomic mass is 9.83. The summed E-state index contributed by atoms with van der Waals surface area (Å²) in [6.45, 7) is 1.90. The third-order valence-corrected chi connectivity index (χ3v) is 8.20. The van der Waals surface area contributed by atoms with Crippen LogP contribution in [0.3, 0.4) is 0 Å². The molecule has 38 heavy (non-hydrogen) atoms. The Kier molecular flexibility index (Phi) is 7.56. The molecule has 2 saturated carbocycles. The molecule has 3 N–H and O–H groups in total. The maximum absolute atomic E-state index is 12.9. The summed E-state index contributed by atoms with van der Waals surface area (Å²) < 4.78 is 0. The van der Waals surface area contributed by atoms with Crippen molar-refractivity contribution in [3.05, 3.63) is 66.2 Å². The van der Waals surface area contributed by atoms with E-state index in [9.17, 15) is 9.59 Å². The summed E-state index contributed by atoms with van der Waals surface area (Å²) in [5.41, 5.74) is 11.0. The Morgan fingerprint density at radius 3 is 2.29 bits per heavy atom. The van der Waals surface area contributed by atoms with E-state index in [-0.39, 0.29) is 23.4 Å². The average molecular weight is 512 g/mol. The van der Waals surface area contributed by atoms with Gasteiger partial charge < -0.3 is 16.0 Å². The van der Waals surface area contributed by atoms with Gasteiger partial charge in [-0.15, -0.1) is 10.2 Å². The molecule has 198 valence electrons. The van der Waals surface area contributed by atoms with Gasteiger partial charge in [0.25, 0.3) is 0 Å². The van der Waals surface area contributed by atoms with Gasteiger partial charge in [0.05, 0.1) is 0 Å². The Balaban J connectivity index is 1.28. The van der Waals surface area contributed by atoms with Crippen LogP contribution in [0.15, 0.2) is 60.7 Å². The first-order chi connectivity index (χ1) is 18.4. The van der Waals surface area contributed by atoms with Gasteiger partial charge in [0, 0.05) is 42.6 Å². The normalized spacial score (nSPS) is 20.0. The molecule has 3 aromatic rings. The first-order valence-corrected chi connectivity index (χ1v) is 13.7. The maximum atomic E-state index is 12.9. The molecule has 0 radical (unpaired) electrons. The molecule has 1 heterocycles. The van der Waals surface area contributed by atoms with Crippen LogP contribution < -0.4 is 11.1 Å². The summed E-state index contributed by atoms with van der Waals surface area (Å²) in [5, 5.41) is 11.9. The van der Waals surface area contributed by atoms with Crippen LogP contribution in [0.4, 0.5) is 5.82 Å². The van der Waals surface area contributed by atoms with Crippen molar-refractivity contribution >= 4 is 17.6 Å². The number of nitrogens with one attached hydrogen (secondary N) is 1. The fourth-order valence-electron chi connectivity index (χ4n) is 5.53. The zero-order chi connectivity index (χ0) is 26.7. The monoisotopic (exact) mass is 511 g/mol. The number of nitrogens with zero attached hydrogens (tertiary/aromatic N) is 3. The van der Waals surface area contributed by atoms with E-state index < -0.39 is 0 Å². The van der Waals surface area contributed by atoms with Crippen molar-refractivity contribution in [1.29, 1.82) is 0 Å². The zero-order valence-corrected chi connectivity index (χ0v) is 22.3. The molecule has 2 amide bonds. The number of nitrogens with two attached hydrogens (primary N) is 1. The van der Waals surface area contributed by atoms with E-state index in [1.807, 2.05) is 55.3 Å². The van der Waals surface area contributed by atoms with Crippen LogP contribution in [-0.4, -0.2) is 40.0 Å². The molecule has 0 saturated heterocycles. The predicted octanol–water partition coefficient (Wildman–Crippen LogP) is 5.51. The highest BCUT2D eigenvalue weighted by atomic mass is 16.2. The van der Waals surface area contributed by atoms with Crippen molar-refractivity contribution < 1.29 is 9.59 Å². The molecule has 5 rings (SSSR count). The highest BCUT2D eigenvalue weighted by Crippen LogP contribution is 2.43. The Morgan fingerprint density at radius 2 is 1.66 bits per heavy atom. The Morgan fingerprint density at radius 1 is 0.974 bits per heavy atom. The van der Waals surface area contributed by atoms with Crippen LogP contribution >= 0.6 is 0 Å². The quantitative estimate of drug-likeness (QED) is 0.415. The van der Waals surface area contributed by atoms with E-state index in [4.69, 9.17) is 5.73 Å². The van der Waals surface area contributed by atoms with Crippen LogP contribution in [-0.2, 0) is 15.1 Å². The molecule has 2 fully saturated rings. The van der Waals surface area contributed by atoms with Gasteiger partial charge >= 0.3 is 0 Å². The van der Waals surface area contributed by atoms with Crippen molar-refractivity contribution in [2.45, 2.75) is 69.9 Å². The summed E-state index contributed by atoms with van der Waals surface area (Å²) in [5.74, 6) is 0.905. The lowest BCUT2D eigenvalue weighted by Gasteiger charge is -2.34. The van der Waals surface area contributed by atoms with Crippen LogP contribution in [0.1, 0.15) is 63.9 Å². The number of aromatic nitrogens is 2. The van der Waals surface area contributed by atoms with Crippen molar-refractivity contribution in [2.24, 2.45) is 11.7 Å². The van der Waals surface area contributed by atoms with Gasteiger partial charge in [-0.05, 0) is 61.6 Å². The SMILES string of the molecule is CCC(=O)N(C)[C@H]1CC[C@H](CC(=O)Nc2cc(-c3ccccc3)c(-c3ccc(C4(N)CC4)cc3)nn2)CC1. The van der Waals surface area contributed by atoms with Gasteiger partial charge in [-0.3, -0.25) is 9.59 Å². The Labute approximate surface area is 224 Å². The van der Waals surface area contributed by atoms with E-state index in [1.165, 1.54) is 0 Å². The van der Waals surface area contributed by atoms with E-state index in [0.29, 0.717) is 24.6 Å². The molecular weight excluding hydrogens is 474 g/mol. The smallest absolute Gasteiger partial charge is 0.225 e. The Bertz CT molecular complexity index is 1280. The number of amides is 2. The first-order valence-electron chi connectivity index (χ1n) is 13.7. The molecule has 7 nitrogen and oxygen atoms in total. The molecule has 0 aliphatic heterocycles. The molecule has 0 bridgehead atoms. The summed E-state index contributed by atoms with van der Waals surface area (Å²) in [6.07, 6.45) is 6.79. The molecule has 2 aromatic carbocycles. The summed E-state index contributed by atoms with van der Waals surface area (Å²) in [4.78, 5) is 26.8. The fourth-order valence-corrected chi connectivity index (χ4v) is 5.53. The van der Waals surface area contributed by atoms with Gasteiger partial charge in [-0.25, -0.2) is 0 Å². The van der Waals surface area contributed by atoms with E-state index in [2.05, 4.69) is 39.8 Å². The number of hydrogen-bond donors (Lipinski definition) is 2. The molecule has 0 spiro atoms.